The molecule has 0 spiro atoms. The molecule has 0 heterocycles. The zero-order valence-corrected chi connectivity index (χ0v) is 12.8. The van der Waals surface area contributed by atoms with E-state index in [1.807, 2.05) is 6.07 Å². The first-order valence-electron chi connectivity index (χ1n) is 7.73. The van der Waals surface area contributed by atoms with Gasteiger partial charge in [0.05, 0.1) is 7.11 Å². The zero-order chi connectivity index (χ0) is 14.5. The van der Waals surface area contributed by atoms with Crippen LogP contribution >= 0.6 is 0 Å². The largest absolute Gasteiger partial charge is 0.494 e. The lowest BCUT2D eigenvalue weighted by atomic mass is 9.84. The summed E-state index contributed by atoms with van der Waals surface area (Å²) in [7, 11) is 1.49. The fourth-order valence-electron chi connectivity index (χ4n) is 3.14. The maximum Gasteiger partial charge on any atom is 0.165 e. The molecule has 20 heavy (non-hydrogen) atoms. The van der Waals surface area contributed by atoms with E-state index < -0.39 is 0 Å². The van der Waals surface area contributed by atoms with Crippen LogP contribution in [0.3, 0.4) is 0 Å². The number of rotatable bonds is 5. The molecular formula is C17H26FNO. The minimum absolute atomic E-state index is 0.179. The van der Waals surface area contributed by atoms with Crippen molar-refractivity contribution in [2.24, 2.45) is 5.92 Å². The van der Waals surface area contributed by atoms with Gasteiger partial charge in [0.1, 0.15) is 0 Å². The molecule has 0 aliphatic heterocycles. The van der Waals surface area contributed by atoms with Crippen LogP contribution in [-0.2, 0) is 0 Å². The van der Waals surface area contributed by atoms with Crippen LogP contribution < -0.4 is 10.1 Å². The first kappa shape index (κ1) is 15.3. The van der Waals surface area contributed by atoms with Gasteiger partial charge < -0.3 is 10.1 Å². The van der Waals surface area contributed by atoms with Crippen molar-refractivity contribution in [1.82, 2.24) is 5.32 Å². The highest BCUT2D eigenvalue weighted by molar-refractivity contribution is 5.30. The second kappa shape index (κ2) is 7.07. The second-order valence-electron chi connectivity index (χ2n) is 5.91. The maximum absolute atomic E-state index is 13.7. The first-order valence-corrected chi connectivity index (χ1v) is 7.73. The summed E-state index contributed by atoms with van der Waals surface area (Å²) in [6.07, 6.45) is 6.41. The average Bonchev–Trinajstić information content (AvgIpc) is 2.48. The fourth-order valence-corrected chi connectivity index (χ4v) is 3.14. The highest BCUT2D eigenvalue weighted by atomic mass is 19.1. The molecule has 0 aromatic heterocycles. The number of methoxy groups -OCH3 is 1. The van der Waals surface area contributed by atoms with E-state index in [0.29, 0.717) is 11.8 Å². The number of hydrogen-bond donors (Lipinski definition) is 1. The topological polar surface area (TPSA) is 21.3 Å². The molecule has 2 nitrogen and oxygen atoms in total. The molecule has 1 aromatic rings. The van der Waals surface area contributed by atoms with E-state index in [-0.39, 0.29) is 11.9 Å². The van der Waals surface area contributed by atoms with Crippen LogP contribution in [0.4, 0.5) is 4.39 Å². The van der Waals surface area contributed by atoms with Crippen molar-refractivity contribution in [1.29, 1.82) is 0 Å². The van der Waals surface area contributed by atoms with Crippen molar-refractivity contribution in [2.75, 3.05) is 7.11 Å². The molecule has 1 N–H and O–H groups in total. The average molecular weight is 279 g/mol. The van der Waals surface area contributed by atoms with E-state index in [0.717, 1.165) is 11.5 Å². The van der Waals surface area contributed by atoms with Gasteiger partial charge in [-0.3, -0.25) is 0 Å². The Balaban J connectivity index is 1.91. The van der Waals surface area contributed by atoms with Gasteiger partial charge in [0, 0.05) is 12.1 Å². The maximum atomic E-state index is 13.7. The number of nitrogens with one attached hydrogen (secondary N) is 1. The summed E-state index contributed by atoms with van der Waals surface area (Å²) in [5.74, 6) is 0.930. The molecule has 0 bridgehead atoms. The van der Waals surface area contributed by atoms with Crippen molar-refractivity contribution < 1.29 is 9.13 Å². The van der Waals surface area contributed by atoms with Crippen LogP contribution in [0.2, 0.25) is 0 Å². The van der Waals surface area contributed by atoms with Crippen molar-refractivity contribution in [3.63, 3.8) is 0 Å². The van der Waals surface area contributed by atoms with Gasteiger partial charge in [-0.2, -0.15) is 0 Å². The Morgan fingerprint density at radius 3 is 2.55 bits per heavy atom. The van der Waals surface area contributed by atoms with Crippen LogP contribution in [0.25, 0.3) is 0 Å². The van der Waals surface area contributed by atoms with Crippen LogP contribution in [0, 0.1) is 11.7 Å². The molecule has 0 radical (unpaired) electrons. The SMILES string of the molecule is CCC1CCC(NC(C)c2ccc(OC)c(F)c2)CC1. The second-order valence-corrected chi connectivity index (χ2v) is 5.91. The molecule has 1 aromatic carbocycles. The van der Waals surface area contributed by atoms with Gasteiger partial charge in [-0.25, -0.2) is 4.39 Å². The van der Waals surface area contributed by atoms with E-state index in [1.165, 1.54) is 39.2 Å². The van der Waals surface area contributed by atoms with E-state index in [4.69, 9.17) is 4.74 Å². The summed E-state index contributed by atoms with van der Waals surface area (Å²) in [4.78, 5) is 0. The van der Waals surface area contributed by atoms with E-state index >= 15 is 0 Å². The van der Waals surface area contributed by atoms with Crippen molar-refractivity contribution in [2.45, 2.75) is 58.0 Å². The van der Waals surface area contributed by atoms with Gasteiger partial charge >= 0.3 is 0 Å². The lowest BCUT2D eigenvalue weighted by molar-refractivity contribution is 0.273. The van der Waals surface area contributed by atoms with Crippen molar-refractivity contribution in [3.8, 4) is 5.75 Å². The molecule has 1 atom stereocenters. The zero-order valence-electron chi connectivity index (χ0n) is 12.8. The number of benzene rings is 1. The highest BCUT2D eigenvalue weighted by Crippen LogP contribution is 2.28. The van der Waals surface area contributed by atoms with Crippen molar-refractivity contribution in [3.05, 3.63) is 29.6 Å². The van der Waals surface area contributed by atoms with Gasteiger partial charge in [-0.1, -0.05) is 19.4 Å². The van der Waals surface area contributed by atoms with Gasteiger partial charge in [0.2, 0.25) is 0 Å². The Bertz CT molecular complexity index is 427. The lowest BCUT2D eigenvalue weighted by Crippen LogP contribution is -2.34. The Hall–Kier alpha value is -1.09. The van der Waals surface area contributed by atoms with Gasteiger partial charge in [0.25, 0.3) is 0 Å². The van der Waals surface area contributed by atoms with E-state index in [2.05, 4.69) is 19.2 Å². The molecule has 112 valence electrons. The summed E-state index contributed by atoms with van der Waals surface area (Å²) in [6.45, 7) is 4.38. The van der Waals surface area contributed by atoms with Crippen LogP contribution in [0.1, 0.15) is 57.6 Å². The van der Waals surface area contributed by atoms with Crippen molar-refractivity contribution >= 4 is 0 Å². The molecular weight excluding hydrogens is 253 g/mol. The Kier molecular flexibility index (Phi) is 5.41. The van der Waals surface area contributed by atoms with Crippen LogP contribution in [0.5, 0.6) is 5.75 Å². The predicted molar refractivity (Wildman–Crippen MR) is 80.5 cm³/mol. The molecule has 0 amide bonds. The normalized spacial score (nSPS) is 24.4. The third-order valence-corrected chi connectivity index (χ3v) is 4.59. The summed E-state index contributed by atoms with van der Waals surface area (Å²) < 4.78 is 18.7. The minimum Gasteiger partial charge on any atom is -0.494 e. The third kappa shape index (κ3) is 3.72. The standard InChI is InChI=1S/C17H26FNO/c1-4-13-5-8-15(9-6-13)19-12(2)14-7-10-17(20-3)16(18)11-14/h7,10-13,15,19H,4-6,8-9H2,1-3H3. The summed E-state index contributed by atoms with van der Waals surface area (Å²) in [6, 6.07) is 5.97. The predicted octanol–water partition coefficient (Wildman–Crippen LogP) is 4.45. The van der Waals surface area contributed by atoms with Gasteiger partial charge in [-0.15, -0.1) is 0 Å². The molecule has 1 unspecified atom stereocenters. The highest BCUT2D eigenvalue weighted by Gasteiger charge is 2.21. The molecule has 1 aliphatic carbocycles. The van der Waals surface area contributed by atoms with Gasteiger partial charge in [0.15, 0.2) is 11.6 Å². The summed E-state index contributed by atoms with van der Waals surface area (Å²) >= 11 is 0. The smallest absolute Gasteiger partial charge is 0.165 e. The molecule has 1 aliphatic rings. The molecule has 0 saturated heterocycles. The number of halogens is 1. The number of hydrogen-bond acceptors (Lipinski definition) is 2. The quantitative estimate of drug-likeness (QED) is 0.859. The Labute approximate surface area is 121 Å². The molecule has 2 rings (SSSR count). The molecule has 1 saturated carbocycles. The Morgan fingerprint density at radius 2 is 2.00 bits per heavy atom. The van der Waals surface area contributed by atoms with Gasteiger partial charge in [-0.05, 0) is 56.2 Å². The number of ether oxygens (including phenoxy) is 1. The summed E-state index contributed by atoms with van der Waals surface area (Å²) in [5.41, 5.74) is 0.987. The first-order chi connectivity index (χ1) is 9.63. The Morgan fingerprint density at radius 1 is 1.30 bits per heavy atom. The van der Waals surface area contributed by atoms with Crippen LogP contribution in [0.15, 0.2) is 18.2 Å². The fraction of sp³-hybridized carbons (Fsp3) is 0.647. The van der Waals surface area contributed by atoms with Crippen LogP contribution in [-0.4, -0.2) is 13.2 Å². The summed E-state index contributed by atoms with van der Waals surface area (Å²) in [5, 5.41) is 3.64. The minimum atomic E-state index is -0.284. The van der Waals surface area contributed by atoms with E-state index in [9.17, 15) is 4.39 Å². The lowest BCUT2D eigenvalue weighted by Gasteiger charge is -2.31. The monoisotopic (exact) mass is 279 g/mol. The molecule has 3 heteroatoms. The van der Waals surface area contributed by atoms with E-state index in [1.54, 1.807) is 12.1 Å². The molecule has 1 fully saturated rings. The third-order valence-electron chi connectivity index (χ3n) is 4.59.